The Morgan fingerprint density at radius 2 is 2.18 bits per heavy atom. The molecular weight excluding hydrogens is 261 g/mol. The fourth-order valence-corrected chi connectivity index (χ4v) is 2.17. The van der Waals surface area contributed by atoms with Gasteiger partial charge in [-0.1, -0.05) is 23.2 Å². The number of halogens is 2. The summed E-state index contributed by atoms with van der Waals surface area (Å²) in [5, 5.41) is 3.95. The summed E-state index contributed by atoms with van der Waals surface area (Å²) < 4.78 is 5.14. The second-order valence-corrected chi connectivity index (χ2v) is 4.89. The molecule has 1 N–H and O–H groups in total. The topological polar surface area (TPSA) is 38.3 Å². The lowest BCUT2D eigenvalue weighted by molar-refractivity contribution is 0.0987. The van der Waals surface area contributed by atoms with Crippen LogP contribution in [-0.4, -0.2) is 25.5 Å². The molecular formula is C12H13Cl2NO2. The highest BCUT2D eigenvalue weighted by Gasteiger charge is 2.23. The van der Waals surface area contributed by atoms with E-state index in [4.69, 9.17) is 27.9 Å². The summed E-state index contributed by atoms with van der Waals surface area (Å²) in [6.45, 7) is 0.289. The van der Waals surface area contributed by atoms with Crippen molar-refractivity contribution in [3.8, 4) is 5.75 Å². The van der Waals surface area contributed by atoms with Crippen molar-refractivity contribution in [2.24, 2.45) is 0 Å². The largest absolute Gasteiger partial charge is 0.494 e. The SMILES string of the molecule is COc1c(Cl)cc(Cl)cc1C(=O)CNC1CC1. The molecule has 0 atom stereocenters. The lowest BCUT2D eigenvalue weighted by Gasteiger charge is -2.10. The predicted molar refractivity (Wildman–Crippen MR) is 68.4 cm³/mol. The van der Waals surface area contributed by atoms with E-state index in [0.717, 1.165) is 12.8 Å². The molecule has 2 rings (SSSR count). The number of ether oxygens (including phenoxy) is 1. The van der Waals surface area contributed by atoms with E-state index in [1.165, 1.54) is 7.11 Å². The highest BCUT2D eigenvalue weighted by Crippen LogP contribution is 2.32. The Kier molecular flexibility index (Phi) is 3.92. The number of ketones is 1. The number of methoxy groups -OCH3 is 1. The molecule has 1 aromatic rings. The van der Waals surface area contributed by atoms with Gasteiger partial charge in [0.15, 0.2) is 5.78 Å². The molecule has 0 saturated heterocycles. The van der Waals surface area contributed by atoms with Crippen molar-refractivity contribution in [2.45, 2.75) is 18.9 Å². The van der Waals surface area contributed by atoms with Gasteiger partial charge in [-0.05, 0) is 25.0 Å². The maximum Gasteiger partial charge on any atom is 0.180 e. The summed E-state index contributed by atoms with van der Waals surface area (Å²) in [6, 6.07) is 3.63. The number of hydrogen-bond acceptors (Lipinski definition) is 3. The van der Waals surface area contributed by atoms with Crippen molar-refractivity contribution in [2.75, 3.05) is 13.7 Å². The number of carbonyl (C=O) groups excluding carboxylic acids is 1. The third kappa shape index (κ3) is 3.12. The van der Waals surface area contributed by atoms with Gasteiger partial charge < -0.3 is 10.1 Å². The minimum absolute atomic E-state index is 0.0573. The fourth-order valence-electron chi connectivity index (χ4n) is 1.59. The first kappa shape index (κ1) is 12.7. The van der Waals surface area contributed by atoms with E-state index >= 15 is 0 Å². The van der Waals surface area contributed by atoms with Crippen molar-refractivity contribution in [3.63, 3.8) is 0 Å². The molecule has 1 aliphatic carbocycles. The van der Waals surface area contributed by atoms with E-state index in [-0.39, 0.29) is 12.3 Å². The first-order valence-electron chi connectivity index (χ1n) is 5.41. The first-order chi connectivity index (χ1) is 8.11. The zero-order valence-electron chi connectivity index (χ0n) is 9.43. The van der Waals surface area contributed by atoms with Crippen LogP contribution in [0.25, 0.3) is 0 Å². The van der Waals surface area contributed by atoms with E-state index in [0.29, 0.717) is 27.4 Å². The number of carbonyl (C=O) groups is 1. The van der Waals surface area contributed by atoms with Gasteiger partial charge in [0.05, 0.1) is 24.2 Å². The van der Waals surface area contributed by atoms with E-state index in [1.54, 1.807) is 12.1 Å². The van der Waals surface area contributed by atoms with E-state index in [2.05, 4.69) is 5.32 Å². The summed E-state index contributed by atoms with van der Waals surface area (Å²) >= 11 is 11.9. The number of nitrogens with one attached hydrogen (secondary N) is 1. The van der Waals surface area contributed by atoms with Gasteiger partial charge in [0.1, 0.15) is 5.75 Å². The van der Waals surface area contributed by atoms with Crippen LogP contribution >= 0.6 is 23.2 Å². The molecule has 3 nitrogen and oxygen atoms in total. The molecule has 0 radical (unpaired) electrons. The monoisotopic (exact) mass is 273 g/mol. The Morgan fingerprint density at radius 3 is 2.76 bits per heavy atom. The Morgan fingerprint density at radius 1 is 1.47 bits per heavy atom. The second kappa shape index (κ2) is 5.25. The summed E-state index contributed by atoms with van der Waals surface area (Å²) in [5.41, 5.74) is 0.429. The average Bonchev–Trinajstić information content (AvgIpc) is 3.08. The molecule has 0 bridgehead atoms. The van der Waals surface area contributed by atoms with Gasteiger partial charge in [0.2, 0.25) is 0 Å². The maximum atomic E-state index is 12.0. The minimum Gasteiger partial charge on any atom is -0.494 e. The lowest BCUT2D eigenvalue weighted by atomic mass is 10.1. The standard InChI is InChI=1S/C12H13Cl2NO2/c1-17-12-9(4-7(13)5-10(12)14)11(16)6-15-8-2-3-8/h4-5,8,15H,2-3,6H2,1H3. The van der Waals surface area contributed by atoms with Crippen LogP contribution < -0.4 is 10.1 Å². The number of benzene rings is 1. The van der Waals surface area contributed by atoms with E-state index in [1.807, 2.05) is 0 Å². The smallest absolute Gasteiger partial charge is 0.180 e. The normalized spacial score (nSPS) is 14.8. The zero-order valence-corrected chi connectivity index (χ0v) is 10.9. The van der Waals surface area contributed by atoms with Crippen molar-refractivity contribution in [1.29, 1.82) is 0 Å². The van der Waals surface area contributed by atoms with Crippen molar-refractivity contribution in [1.82, 2.24) is 5.32 Å². The van der Waals surface area contributed by atoms with E-state index in [9.17, 15) is 4.79 Å². The Labute approximate surface area is 110 Å². The van der Waals surface area contributed by atoms with Crippen LogP contribution in [0.4, 0.5) is 0 Å². The maximum absolute atomic E-state index is 12.0. The fraction of sp³-hybridized carbons (Fsp3) is 0.417. The van der Waals surface area contributed by atoms with E-state index < -0.39 is 0 Å². The quantitative estimate of drug-likeness (QED) is 0.839. The van der Waals surface area contributed by atoms with Crippen LogP contribution in [0.2, 0.25) is 10.0 Å². The minimum atomic E-state index is -0.0573. The molecule has 0 spiro atoms. The van der Waals surface area contributed by atoms with Crippen LogP contribution in [0.1, 0.15) is 23.2 Å². The highest BCUT2D eigenvalue weighted by molar-refractivity contribution is 6.36. The molecule has 0 amide bonds. The van der Waals surface area contributed by atoms with Crippen molar-refractivity contribution in [3.05, 3.63) is 27.7 Å². The number of Topliss-reactive ketones (excluding diaryl/α,β-unsaturated/α-hetero) is 1. The summed E-state index contributed by atoms with van der Waals surface area (Å²) in [5.74, 6) is 0.330. The van der Waals surface area contributed by atoms with Gasteiger partial charge in [-0.15, -0.1) is 0 Å². The third-order valence-electron chi connectivity index (χ3n) is 2.64. The van der Waals surface area contributed by atoms with Gasteiger partial charge in [0, 0.05) is 11.1 Å². The van der Waals surface area contributed by atoms with Crippen LogP contribution in [-0.2, 0) is 0 Å². The molecule has 1 fully saturated rings. The molecule has 0 heterocycles. The third-order valence-corrected chi connectivity index (χ3v) is 3.14. The van der Waals surface area contributed by atoms with Crippen molar-refractivity contribution >= 4 is 29.0 Å². The van der Waals surface area contributed by atoms with Gasteiger partial charge in [-0.25, -0.2) is 0 Å². The second-order valence-electron chi connectivity index (χ2n) is 4.05. The van der Waals surface area contributed by atoms with Crippen LogP contribution in [0.5, 0.6) is 5.75 Å². The van der Waals surface area contributed by atoms with Crippen molar-refractivity contribution < 1.29 is 9.53 Å². The Bertz CT molecular complexity index is 444. The molecule has 17 heavy (non-hydrogen) atoms. The molecule has 5 heteroatoms. The zero-order chi connectivity index (χ0) is 12.4. The molecule has 0 aliphatic heterocycles. The summed E-state index contributed by atoms with van der Waals surface area (Å²) in [6.07, 6.45) is 2.28. The molecule has 92 valence electrons. The van der Waals surface area contributed by atoms with Gasteiger partial charge in [-0.2, -0.15) is 0 Å². The van der Waals surface area contributed by atoms with Crippen LogP contribution in [0.15, 0.2) is 12.1 Å². The molecule has 0 aromatic heterocycles. The predicted octanol–water partition coefficient (Wildman–Crippen LogP) is 2.94. The lowest BCUT2D eigenvalue weighted by Crippen LogP contribution is -2.25. The Balaban J connectivity index is 2.19. The van der Waals surface area contributed by atoms with Crippen LogP contribution in [0.3, 0.4) is 0 Å². The molecule has 1 saturated carbocycles. The summed E-state index contributed by atoms with van der Waals surface area (Å²) in [7, 11) is 1.49. The van der Waals surface area contributed by atoms with Gasteiger partial charge in [-0.3, -0.25) is 4.79 Å². The molecule has 1 aliphatic rings. The first-order valence-corrected chi connectivity index (χ1v) is 6.17. The van der Waals surface area contributed by atoms with Gasteiger partial charge in [0.25, 0.3) is 0 Å². The number of hydrogen-bond donors (Lipinski definition) is 1. The summed E-state index contributed by atoms with van der Waals surface area (Å²) in [4.78, 5) is 12.0. The molecule has 0 unspecified atom stereocenters. The molecule has 1 aromatic carbocycles. The Hall–Kier alpha value is -0.770. The van der Waals surface area contributed by atoms with Crippen LogP contribution in [0, 0.1) is 0 Å². The average molecular weight is 274 g/mol. The highest BCUT2D eigenvalue weighted by atomic mass is 35.5. The van der Waals surface area contributed by atoms with Gasteiger partial charge >= 0.3 is 0 Å². The number of rotatable bonds is 5.